The third kappa shape index (κ3) is 2.79. The summed E-state index contributed by atoms with van der Waals surface area (Å²) in [6, 6.07) is 0. The predicted octanol–water partition coefficient (Wildman–Crippen LogP) is -0.493. The molecule has 0 spiro atoms. The molecule has 0 aliphatic rings. The van der Waals surface area contributed by atoms with Gasteiger partial charge in [0, 0.05) is 12.7 Å². The van der Waals surface area contributed by atoms with Crippen LogP contribution in [0.2, 0.25) is 0 Å². The number of hydrogen-bond donors (Lipinski definition) is 2. The van der Waals surface area contributed by atoms with E-state index >= 15 is 0 Å². The standard InChI is InChI=1S/C8H11N3O2/c1-6-4-11-7(5-10-6)8(13)9-2-3-12/h4-5,12H,2-3H2,1H3,(H,9,13). The highest BCUT2D eigenvalue weighted by Crippen LogP contribution is 1.93. The molecule has 5 heteroatoms. The minimum absolute atomic E-state index is 0.0783. The number of aromatic nitrogens is 2. The molecule has 1 rings (SSSR count). The van der Waals surface area contributed by atoms with Crippen LogP contribution in [0.3, 0.4) is 0 Å². The van der Waals surface area contributed by atoms with Gasteiger partial charge in [-0.15, -0.1) is 0 Å². The molecule has 1 aromatic rings. The molecule has 0 saturated heterocycles. The molecule has 2 N–H and O–H groups in total. The van der Waals surface area contributed by atoms with Crippen molar-refractivity contribution in [2.24, 2.45) is 0 Å². The minimum atomic E-state index is -0.318. The summed E-state index contributed by atoms with van der Waals surface area (Å²) in [7, 11) is 0. The first-order valence-electron chi connectivity index (χ1n) is 3.91. The van der Waals surface area contributed by atoms with Gasteiger partial charge < -0.3 is 10.4 Å². The molecular formula is C8H11N3O2. The van der Waals surface area contributed by atoms with E-state index in [4.69, 9.17) is 5.11 Å². The number of amides is 1. The maximum Gasteiger partial charge on any atom is 0.271 e. The van der Waals surface area contributed by atoms with Gasteiger partial charge in [-0.05, 0) is 6.92 Å². The number of carbonyl (C=O) groups excluding carboxylic acids is 1. The van der Waals surface area contributed by atoms with Gasteiger partial charge in [0.2, 0.25) is 0 Å². The number of hydrogen-bond acceptors (Lipinski definition) is 4. The summed E-state index contributed by atoms with van der Waals surface area (Å²) >= 11 is 0. The van der Waals surface area contributed by atoms with Crippen LogP contribution in [0.25, 0.3) is 0 Å². The molecule has 13 heavy (non-hydrogen) atoms. The molecule has 0 aliphatic carbocycles. The van der Waals surface area contributed by atoms with E-state index in [1.807, 2.05) is 0 Å². The molecule has 0 saturated carbocycles. The van der Waals surface area contributed by atoms with Crippen LogP contribution >= 0.6 is 0 Å². The number of aliphatic hydroxyl groups is 1. The molecule has 0 fully saturated rings. The summed E-state index contributed by atoms with van der Waals surface area (Å²) < 4.78 is 0. The summed E-state index contributed by atoms with van der Waals surface area (Å²) in [6.45, 7) is 1.95. The van der Waals surface area contributed by atoms with E-state index in [-0.39, 0.29) is 24.8 Å². The van der Waals surface area contributed by atoms with Crippen molar-refractivity contribution in [3.8, 4) is 0 Å². The minimum Gasteiger partial charge on any atom is -0.395 e. The lowest BCUT2D eigenvalue weighted by Gasteiger charge is -2.01. The molecule has 0 aliphatic heterocycles. The Labute approximate surface area is 75.8 Å². The van der Waals surface area contributed by atoms with E-state index in [0.29, 0.717) is 0 Å². The Morgan fingerprint density at radius 1 is 1.54 bits per heavy atom. The van der Waals surface area contributed by atoms with Crippen molar-refractivity contribution in [1.29, 1.82) is 0 Å². The van der Waals surface area contributed by atoms with Crippen molar-refractivity contribution in [3.63, 3.8) is 0 Å². The molecule has 70 valence electrons. The van der Waals surface area contributed by atoms with Gasteiger partial charge in [-0.3, -0.25) is 9.78 Å². The third-order valence-electron chi connectivity index (χ3n) is 1.41. The first-order valence-corrected chi connectivity index (χ1v) is 3.91. The molecule has 0 aromatic carbocycles. The number of aliphatic hydroxyl groups excluding tert-OH is 1. The van der Waals surface area contributed by atoms with Crippen LogP contribution in [0.5, 0.6) is 0 Å². The summed E-state index contributed by atoms with van der Waals surface area (Å²) in [5.74, 6) is -0.318. The second kappa shape index (κ2) is 4.51. The Balaban J connectivity index is 2.61. The Kier molecular flexibility index (Phi) is 3.33. The van der Waals surface area contributed by atoms with Gasteiger partial charge in [-0.1, -0.05) is 0 Å². The van der Waals surface area contributed by atoms with Gasteiger partial charge in [0.1, 0.15) is 5.69 Å². The fourth-order valence-corrected chi connectivity index (χ4v) is 0.770. The van der Waals surface area contributed by atoms with Crippen molar-refractivity contribution < 1.29 is 9.90 Å². The monoisotopic (exact) mass is 181 g/mol. The molecule has 1 heterocycles. The third-order valence-corrected chi connectivity index (χ3v) is 1.41. The topological polar surface area (TPSA) is 75.1 Å². The summed E-state index contributed by atoms with van der Waals surface area (Å²) in [5, 5.41) is 10.9. The van der Waals surface area contributed by atoms with E-state index in [1.165, 1.54) is 12.4 Å². The van der Waals surface area contributed by atoms with Crippen LogP contribution in [-0.2, 0) is 0 Å². The van der Waals surface area contributed by atoms with E-state index in [1.54, 1.807) is 6.92 Å². The highest BCUT2D eigenvalue weighted by atomic mass is 16.3. The molecule has 0 bridgehead atoms. The van der Waals surface area contributed by atoms with Gasteiger partial charge in [-0.25, -0.2) is 4.98 Å². The zero-order valence-electron chi connectivity index (χ0n) is 7.32. The van der Waals surface area contributed by atoms with Crippen LogP contribution in [0.1, 0.15) is 16.2 Å². The number of aryl methyl sites for hydroxylation is 1. The van der Waals surface area contributed by atoms with Crippen LogP contribution < -0.4 is 5.32 Å². The smallest absolute Gasteiger partial charge is 0.271 e. The summed E-state index contributed by atoms with van der Waals surface area (Å²) in [5.41, 5.74) is 1.03. The normalized spacial score (nSPS) is 9.69. The predicted molar refractivity (Wildman–Crippen MR) is 46.2 cm³/mol. The highest BCUT2D eigenvalue weighted by Gasteiger charge is 2.05. The highest BCUT2D eigenvalue weighted by molar-refractivity contribution is 5.91. The van der Waals surface area contributed by atoms with Crippen LogP contribution in [0.4, 0.5) is 0 Å². The lowest BCUT2D eigenvalue weighted by molar-refractivity contribution is 0.0939. The Bertz CT molecular complexity index is 284. The fraction of sp³-hybridized carbons (Fsp3) is 0.375. The van der Waals surface area contributed by atoms with Crippen LogP contribution in [0.15, 0.2) is 12.4 Å². The average Bonchev–Trinajstić information content (AvgIpc) is 2.15. The maximum absolute atomic E-state index is 11.2. The molecule has 0 atom stereocenters. The molecular weight excluding hydrogens is 170 g/mol. The Morgan fingerprint density at radius 2 is 2.31 bits per heavy atom. The summed E-state index contributed by atoms with van der Waals surface area (Å²) in [4.78, 5) is 19.0. The van der Waals surface area contributed by atoms with E-state index < -0.39 is 0 Å². The molecule has 0 unspecified atom stereocenters. The quantitative estimate of drug-likeness (QED) is 0.659. The Morgan fingerprint density at radius 3 is 2.85 bits per heavy atom. The average molecular weight is 181 g/mol. The van der Waals surface area contributed by atoms with E-state index in [2.05, 4.69) is 15.3 Å². The zero-order valence-corrected chi connectivity index (χ0v) is 7.32. The first kappa shape index (κ1) is 9.60. The maximum atomic E-state index is 11.2. The number of nitrogens with one attached hydrogen (secondary N) is 1. The van der Waals surface area contributed by atoms with Gasteiger partial charge in [-0.2, -0.15) is 0 Å². The van der Waals surface area contributed by atoms with E-state index in [0.717, 1.165) is 5.69 Å². The van der Waals surface area contributed by atoms with Crippen molar-refractivity contribution in [3.05, 3.63) is 23.8 Å². The van der Waals surface area contributed by atoms with Gasteiger partial charge >= 0.3 is 0 Å². The van der Waals surface area contributed by atoms with Crippen LogP contribution in [0, 0.1) is 6.92 Å². The zero-order chi connectivity index (χ0) is 9.68. The molecule has 5 nitrogen and oxygen atoms in total. The fourth-order valence-electron chi connectivity index (χ4n) is 0.770. The number of rotatable bonds is 3. The Hall–Kier alpha value is -1.49. The number of carbonyl (C=O) groups is 1. The van der Waals surface area contributed by atoms with Crippen molar-refractivity contribution >= 4 is 5.91 Å². The second-order valence-corrected chi connectivity index (χ2v) is 2.52. The van der Waals surface area contributed by atoms with Gasteiger partial charge in [0.15, 0.2) is 0 Å². The first-order chi connectivity index (χ1) is 6.24. The molecule has 1 aromatic heterocycles. The second-order valence-electron chi connectivity index (χ2n) is 2.52. The number of nitrogens with zero attached hydrogens (tertiary/aromatic N) is 2. The SMILES string of the molecule is Cc1cnc(C(=O)NCCO)cn1. The van der Waals surface area contributed by atoms with Crippen LogP contribution in [-0.4, -0.2) is 34.1 Å². The van der Waals surface area contributed by atoms with E-state index in [9.17, 15) is 4.79 Å². The lowest BCUT2D eigenvalue weighted by atomic mass is 10.4. The molecule has 1 amide bonds. The van der Waals surface area contributed by atoms with Crippen molar-refractivity contribution in [2.75, 3.05) is 13.2 Å². The summed E-state index contributed by atoms with van der Waals surface area (Å²) in [6.07, 6.45) is 2.93. The molecule has 0 radical (unpaired) electrons. The van der Waals surface area contributed by atoms with Gasteiger partial charge in [0.25, 0.3) is 5.91 Å². The lowest BCUT2D eigenvalue weighted by Crippen LogP contribution is -2.27. The largest absolute Gasteiger partial charge is 0.395 e. The van der Waals surface area contributed by atoms with Crippen molar-refractivity contribution in [1.82, 2.24) is 15.3 Å². The van der Waals surface area contributed by atoms with Crippen molar-refractivity contribution in [2.45, 2.75) is 6.92 Å². The van der Waals surface area contributed by atoms with Gasteiger partial charge in [0.05, 0.1) is 18.5 Å².